The zero-order valence-corrected chi connectivity index (χ0v) is 31.7. The first kappa shape index (κ1) is 35.6. The number of unbranched alkanes of at least 4 members (excludes halogenated alkanes) is 1. The van der Waals surface area contributed by atoms with Crippen molar-refractivity contribution in [1.82, 2.24) is 9.97 Å². The Hall–Kier alpha value is -3.20. The van der Waals surface area contributed by atoms with Gasteiger partial charge in [0.15, 0.2) is 0 Å². The Morgan fingerprint density at radius 3 is 1.88 bits per heavy atom. The number of H-pyrrole nitrogens is 2. The molecule has 1 atom stereocenters. The second-order valence-corrected chi connectivity index (χ2v) is 15.6. The van der Waals surface area contributed by atoms with E-state index in [0.29, 0.717) is 23.7 Å². The number of nitrogens with zero attached hydrogens (tertiary/aromatic N) is 1. The number of aryl methyl sites for hydroxylation is 2. The van der Waals surface area contributed by atoms with E-state index in [1.807, 2.05) is 0 Å². The fourth-order valence-electron chi connectivity index (χ4n) is 9.63. The molecule has 1 unspecified atom stereocenters. The van der Waals surface area contributed by atoms with Crippen molar-refractivity contribution in [2.75, 3.05) is 0 Å². The van der Waals surface area contributed by atoms with Gasteiger partial charge < -0.3 is 4.98 Å². The van der Waals surface area contributed by atoms with E-state index in [-0.39, 0.29) is 0 Å². The molecule has 49 heavy (non-hydrogen) atoms. The minimum atomic E-state index is 0.457. The van der Waals surface area contributed by atoms with Crippen molar-refractivity contribution in [1.29, 1.82) is 0 Å². The van der Waals surface area contributed by atoms with Crippen molar-refractivity contribution < 1.29 is 4.98 Å². The highest BCUT2D eigenvalue weighted by molar-refractivity contribution is 5.79. The molecule has 0 saturated heterocycles. The predicted octanol–water partition coefficient (Wildman–Crippen LogP) is 13.5. The summed E-state index contributed by atoms with van der Waals surface area (Å²) in [4.78, 5) is 13.7. The van der Waals surface area contributed by atoms with Crippen molar-refractivity contribution in [2.24, 2.45) is 0 Å². The third-order valence-corrected chi connectivity index (χ3v) is 12.4. The zero-order chi connectivity index (χ0) is 34.3. The molecule has 0 radical (unpaired) electrons. The average molecular weight is 659 g/mol. The maximum absolute atomic E-state index is 5.55. The second-order valence-electron chi connectivity index (χ2n) is 15.6. The third kappa shape index (κ3) is 7.77. The minimum Gasteiger partial charge on any atom is -0.355 e. The van der Waals surface area contributed by atoms with E-state index in [9.17, 15) is 0 Å². The highest BCUT2D eigenvalue weighted by atomic mass is 14.8. The second kappa shape index (κ2) is 16.7. The Morgan fingerprint density at radius 2 is 1.22 bits per heavy atom. The summed E-state index contributed by atoms with van der Waals surface area (Å²) in [6, 6.07) is 9.67. The Kier molecular flexibility index (Phi) is 12.1. The standard InChI is InChI=1S/C46H63N3/c1-7-11-18-34(10-4)43-31(5)23-24-32(6)44(35-19-14-12-15-20-35)38-26-27-39(48-38)45(33(8-2)9-3)40-29-30-42(49-40)46(36-21-16-13-17-22-36)41-28-25-37(43)47-41/h23-30,33-36,47H,7-22H2,1-6H3/p+1. The fraction of sp³-hybridized carbons (Fsp3) is 0.565. The molecule has 2 aliphatic carbocycles. The molecule has 262 valence electrons. The van der Waals surface area contributed by atoms with Crippen LogP contribution in [0.2, 0.25) is 0 Å². The zero-order valence-electron chi connectivity index (χ0n) is 31.7. The van der Waals surface area contributed by atoms with Crippen molar-refractivity contribution in [3.05, 3.63) is 80.4 Å². The molecule has 6 rings (SSSR count). The Balaban J connectivity index is 1.74. The predicted molar refractivity (Wildman–Crippen MR) is 212 cm³/mol. The molecule has 0 spiro atoms. The summed E-state index contributed by atoms with van der Waals surface area (Å²) in [5.74, 6) is 2.13. The monoisotopic (exact) mass is 659 g/mol. The van der Waals surface area contributed by atoms with E-state index in [0.717, 1.165) is 25.0 Å². The van der Waals surface area contributed by atoms with Crippen LogP contribution < -0.4 is 4.98 Å². The molecule has 2 aromatic heterocycles. The van der Waals surface area contributed by atoms with E-state index in [2.05, 4.69) is 100 Å². The van der Waals surface area contributed by atoms with E-state index in [1.54, 1.807) is 0 Å². The number of rotatable bonds is 10. The Morgan fingerprint density at radius 1 is 0.633 bits per heavy atom. The highest BCUT2D eigenvalue weighted by Gasteiger charge is 2.29. The van der Waals surface area contributed by atoms with Gasteiger partial charge >= 0.3 is 0 Å². The van der Waals surface area contributed by atoms with Crippen LogP contribution in [0.1, 0.15) is 210 Å². The lowest BCUT2D eigenvalue weighted by atomic mass is 9.82. The van der Waals surface area contributed by atoms with Gasteiger partial charge in [-0.1, -0.05) is 91.2 Å². The topological polar surface area (TPSA) is 42.8 Å². The van der Waals surface area contributed by atoms with Crippen LogP contribution in [0.15, 0.2) is 24.3 Å². The summed E-state index contributed by atoms with van der Waals surface area (Å²) in [7, 11) is 0. The number of aromatic nitrogens is 3. The molecule has 3 heteroatoms. The first-order valence-electron chi connectivity index (χ1n) is 20.3. The van der Waals surface area contributed by atoms with Crippen molar-refractivity contribution >= 4 is 35.3 Å². The molecule has 4 heterocycles. The van der Waals surface area contributed by atoms with Gasteiger partial charge in [0.05, 0.1) is 22.5 Å². The van der Waals surface area contributed by atoms with E-state index >= 15 is 0 Å². The molecule has 2 aliphatic heterocycles. The van der Waals surface area contributed by atoms with Gasteiger partial charge in [0.2, 0.25) is 11.4 Å². The van der Waals surface area contributed by atoms with Crippen LogP contribution >= 0.6 is 0 Å². The summed E-state index contributed by atoms with van der Waals surface area (Å²) in [5.41, 5.74) is 16.1. The SMILES string of the molecule is CCCCC(CC)c1c(C)ccc(C)c(C2CCCCC2)c2nc(c(C(CC)CC)c3[nH+]c(c(C4CCCCC4)c4ccc1[nH]4)C=C3)C=C2. The molecule has 2 aromatic rings. The first-order valence-corrected chi connectivity index (χ1v) is 20.3. The van der Waals surface area contributed by atoms with Crippen molar-refractivity contribution in [3.8, 4) is 0 Å². The van der Waals surface area contributed by atoms with Crippen molar-refractivity contribution in [3.63, 3.8) is 0 Å². The van der Waals surface area contributed by atoms with Gasteiger partial charge in [-0.2, -0.15) is 0 Å². The third-order valence-electron chi connectivity index (χ3n) is 12.4. The lowest BCUT2D eigenvalue weighted by Gasteiger charge is -2.24. The molecule has 2 N–H and O–H groups in total. The van der Waals surface area contributed by atoms with E-state index in [1.165, 1.54) is 145 Å². The Labute approximate surface area is 297 Å². The molecular formula is C46H64N3+. The maximum Gasteiger partial charge on any atom is 0.209 e. The molecule has 0 aromatic carbocycles. The number of aromatic amines is 2. The number of fused-ring (bicyclic) bond motifs is 6. The molecule has 6 bridgehead atoms. The van der Waals surface area contributed by atoms with Crippen LogP contribution in [-0.4, -0.2) is 9.97 Å². The van der Waals surface area contributed by atoms with E-state index in [4.69, 9.17) is 4.98 Å². The molecular weight excluding hydrogens is 595 g/mol. The Bertz CT molecular complexity index is 1700. The van der Waals surface area contributed by atoms with Gasteiger partial charge in [0.1, 0.15) is 0 Å². The number of hydrogen-bond acceptors (Lipinski definition) is 1. The minimum absolute atomic E-state index is 0.457. The van der Waals surface area contributed by atoms with Gasteiger partial charge in [-0.3, -0.25) is 0 Å². The normalized spacial score (nSPS) is 17.4. The maximum atomic E-state index is 5.55. The molecule has 4 aliphatic rings. The summed E-state index contributed by atoms with van der Waals surface area (Å²) in [6.07, 6.45) is 29.6. The summed E-state index contributed by atoms with van der Waals surface area (Å²) >= 11 is 0. The van der Waals surface area contributed by atoms with Crippen molar-refractivity contribution in [2.45, 2.75) is 168 Å². The van der Waals surface area contributed by atoms with Gasteiger partial charge in [0, 0.05) is 23.2 Å². The van der Waals surface area contributed by atoms with E-state index < -0.39 is 0 Å². The average Bonchev–Trinajstić information content (AvgIpc) is 3.92. The van der Waals surface area contributed by atoms with Gasteiger partial charge in [-0.25, -0.2) is 9.97 Å². The van der Waals surface area contributed by atoms with Crippen LogP contribution in [0.4, 0.5) is 0 Å². The van der Waals surface area contributed by atoms with Crippen LogP contribution in [0.5, 0.6) is 0 Å². The molecule has 3 nitrogen and oxygen atoms in total. The summed E-state index contributed by atoms with van der Waals surface area (Å²) < 4.78 is 0. The lowest BCUT2D eigenvalue weighted by Crippen LogP contribution is -2.16. The number of nitrogens with one attached hydrogen (secondary N) is 2. The molecule has 2 saturated carbocycles. The quantitative estimate of drug-likeness (QED) is 0.181. The summed E-state index contributed by atoms with van der Waals surface area (Å²) in [6.45, 7) is 14.1. The van der Waals surface area contributed by atoms with Crippen LogP contribution in [0, 0.1) is 13.8 Å². The van der Waals surface area contributed by atoms with Crippen LogP contribution in [0.3, 0.4) is 0 Å². The largest absolute Gasteiger partial charge is 0.355 e. The van der Waals surface area contributed by atoms with Gasteiger partial charge in [-0.05, 0) is 135 Å². The first-order chi connectivity index (χ1) is 24.0. The molecule has 2 fully saturated rings. The van der Waals surface area contributed by atoms with Crippen LogP contribution in [-0.2, 0) is 0 Å². The smallest absolute Gasteiger partial charge is 0.209 e. The highest BCUT2D eigenvalue weighted by Crippen LogP contribution is 2.40. The van der Waals surface area contributed by atoms with Crippen LogP contribution in [0.25, 0.3) is 35.3 Å². The summed E-state index contributed by atoms with van der Waals surface area (Å²) in [5, 5.41) is 0. The number of hydrogen-bond donors (Lipinski definition) is 1. The van der Waals surface area contributed by atoms with Gasteiger partial charge in [0.25, 0.3) is 0 Å². The molecule has 0 amide bonds. The lowest BCUT2D eigenvalue weighted by molar-refractivity contribution is -0.381. The van der Waals surface area contributed by atoms with Gasteiger partial charge in [-0.15, -0.1) is 0 Å². The fourth-order valence-corrected chi connectivity index (χ4v) is 9.63.